The van der Waals surface area contributed by atoms with E-state index in [9.17, 15) is 0 Å². The Bertz CT molecular complexity index is 2430. The van der Waals surface area contributed by atoms with Crippen molar-refractivity contribution in [2.45, 2.75) is 0 Å². The molecule has 9 rings (SSSR count). The number of aromatic nitrogens is 5. The van der Waals surface area contributed by atoms with Gasteiger partial charge in [-0.2, -0.15) is 0 Å². The summed E-state index contributed by atoms with van der Waals surface area (Å²) in [4.78, 5) is 23.3. The highest BCUT2D eigenvalue weighted by Crippen LogP contribution is 2.37. The fourth-order valence-corrected chi connectivity index (χ4v) is 6.90. The summed E-state index contributed by atoms with van der Waals surface area (Å²) in [6, 6.07) is 57.4. The molecule has 0 N–H and O–H groups in total. The third-order valence-electron chi connectivity index (χ3n) is 8.13. The highest BCUT2D eigenvalue weighted by molar-refractivity contribution is 7.26. The van der Waals surface area contributed by atoms with Gasteiger partial charge in [0.25, 0.3) is 0 Å². The Morgan fingerprint density at radius 1 is 0.367 bits per heavy atom. The molecule has 9 aromatic rings. The number of benzene rings is 6. The molecule has 3 heterocycles. The Morgan fingerprint density at radius 3 is 1.45 bits per heavy atom. The van der Waals surface area contributed by atoms with Gasteiger partial charge in [-0.05, 0) is 23.3 Å². The van der Waals surface area contributed by atoms with Crippen molar-refractivity contribution in [1.82, 2.24) is 24.9 Å². The van der Waals surface area contributed by atoms with Crippen LogP contribution in [-0.2, 0) is 0 Å². The van der Waals surface area contributed by atoms with Gasteiger partial charge in [0.2, 0.25) is 0 Å². The summed E-state index contributed by atoms with van der Waals surface area (Å²) in [5.41, 5.74) is 8.42. The average molecular weight is 648 g/mol. The normalized spacial score (nSPS) is 10.9. The van der Waals surface area contributed by atoms with E-state index in [0.717, 1.165) is 43.7 Å². The minimum absolute atomic E-state index is 0.667. The first-order valence-corrected chi connectivity index (χ1v) is 16.8. The first-order valence-electron chi connectivity index (χ1n) is 16.0. The minimum Gasteiger partial charge on any atom is -0.235 e. The Balaban J connectivity index is 0.000000157. The smallest absolute Gasteiger partial charge is 0.164 e. The second kappa shape index (κ2) is 13.8. The van der Waals surface area contributed by atoms with E-state index in [-0.39, 0.29) is 0 Å². The Morgan fingerprint density at radius 2 is 0.837 bits per heavy atom. The van der Waals surface area contributed by atoms with Gasteiger partial charge >= 0.3 is 0 Å². The van der Waals surface area contributed by atoms with E-state index in [4.69, 9.17) is 15.0 Å². The molecule has 0 saturated carbocycles. The largest absolute Gasteiger partial charge is 0.235 e. The van der Waals surface area contributed by atoms with Crippen LogP contribution in [-0.4, -0.2) is 24.9 Å². The number of hydrogen-bond acceptors (Lipinski definition) is 6. The Kier molecular flexibility index (Phi) is 8.43. The molecular weight excluding hydrogens is 619 g/mol. The maximum atomic E-state index is 4.81. The summed E-state index contributed by atoms with van der Waals surface area (Å²) in [6.07, 6.45) is 1.66. The zero-order valence-electron chi connectivity index (χ0n) is 26.4. The molecule has 0 aliphatic carbocycles. The molecule has 0 aliphatic rings. The zero-order chi connectivity index (χ0) is 32.8. The maximum absolute atomic E-state index is 4.81. The van der Waals surface area contributed by atoms with E-state index < -0.39 is 0 Å². The number of fused-ring (bicyclic) bond motifs is 3. The standard InChI is InChI=1S/C27H19N3.C16H10N2S/c1-4-11-20(12-5-1)23-17-10-18-24(19-23)27-29-25(21-13-6-2-7-14-21)28-26(30-27)22-15-8-3-9-16-22;1-2-6-11(7-3-1)14-16-15(18-10-17-14)12-8-4-5-9-13(12)19-16/h1-19H;1-10H. The summed E-state index contributed by atoms with van der Waals surface area (Å²) in [6.45, 7) is 0. The van der Waals surface area contributed by atoms with E-state index in [2.05, 4.69) is 70.6 Å². The van der Waals surface area contributed by atoms with E-state index in [1.54, 1.807) is 17.7 Å². The van der Waals surface area contributed by atoms with Gasteiger partial charge < -0.3 is 0 Å². The summed E-state index contributed by atoms with van der Waals surface area (Å²) >= 11 is 1.76. The third-order valence-corrected chi connectivity index (χ3v) is 9.30. The van der Waals surface area contributed by atoms with Gasteiger partial charge in [-0.15, -0.1) is 11.3 Å². The quantitative estimate of drug-likeness (QED) is 0.186. The van der Waals surface area contributed by atoms with Gasteiger partial charge in [0.15, 0.2) is 17.5 Å². The maximum Gasteiger partial charge on any atom is 0.164 e. The van der Waals surface area contributed by atoms with Crippen LogP contribution in [0.1, 0.15) is 0 Å². The van der Waals surface area contributed by atoms with Crippen molar-refractivity contribution in [1.29, 1.82) is 0 Å². The van der Waals surface area contributed by atoms with Crippen LogP contribution in [0.5, 0.6) is 0 Å². The minimum atomic E-state index is 0.667. The number of nitrogens with zero attached hydrogens (tertiary/aromatic N) is 5. The lowest BCUT2D eigenvalue weighted by Crippen LogP contribution is -2.00. The highest BCUT2D eigenvalue weighted by atomic mass is 32.1. The molecule has 0 spiro atoms. The molecule has 6 heteroatoms. The van der Waals surface area contributed by atoms with E-state index in [1.807, 2.05) is 109 Å². The molecule has 0 fully saturated rings. The fraction of sp³-hybridized carbons (Fsp3) is 0. The Labute approximate surface area is 288 Å². The molecule has 6 aromatic carbocycles. The molecular formula is C43H29N5S. The molecule has 3 aromatic heterocycles. The van der Waals surface area contributed by atoms with Crippen LogP contribution in [0.25, 0.3) is 76.9 Å². The molecule has 0 aliphatic heterocycles. The van der Waals surface area contributed by atoms with Crippen molar-refractivity contribution < 1.29 is 0 Å². The van der Waals surface area contributed by atoms with Crippen LogP contribution >= 0.6 is 11.3 Å². The molecule has 0 saturated heterocycles. The first-order chi connectivity index (χ1) is 24.3. The highest BCUT2D eigenvalue weighted by Gasteiger charge is 2.13. The zero-order valence-corrected chi connectivity index (χ0v) is 27.2. The summed E-state index contributed by atoms with van der Waals surface area (Å²) in [7, 11) is 0. The van der Waals surface area contributed by atoms with Crippen LogP contribution < -0.4 is 0 Å². The third kappa shape index (κ3) is 6.46. The molecule has 0 amide bonds. The summed E-state index contributed by atoms with van der Waals surface area (Å²) < 4.78 is 2.42. The predicted octanol–water partition coefficient (Wildman–Crippen LogP) is 11.1. The molecule has 49 heavy (non-hydrogen) atoms. The monoisotopic (exact) mass is 647 g/mol. The van der Waals surface area contributed by atoms with Crippen molar-refractivity contribution in [3.63, 3.8) is 0 Å². The fourth-order valence-electron chi connectivity index (χ4n) is 5.73. The van der Waals surface area contributed by atoms with Gasteiger partial charge in [-0.1, -0.05) is 158 Å². The Hall–Kier alpha value is -6.37. The van der Waals surface area contributed by atoms with E-state index in [0.29, 0.717) is 17.5 Å². The van der Waals surface area contributed by atoms with Crippen LogP contribution in [0, 0.1) is 0 Å². The van der Waals surface area contributed by atoms with Crippen LogP contribution in [0.3, 0.4) is 0 Å². The molecule has 0 atom stereocenters. The second-order valence-electron chi connectivity index (χ2n) is 11.3. The van der Waals surface area contributed by atoms with Crippen molar-refractivity contribution in [2.24, 2.45) is 0 Å². The van der Waals surface area contributed by atoms with Crippen molar-refractivity contribution in [3.05, 3.63) is 176 Å². The van der Waals surface area contributed by atoms with Crippen LogP contribution in [0.2, 0.25) is 0 Å². The number of thiophene rings is 1. The average Bonchev–Trinajstić information content (AvgIpc) is 3.58. The molecule has 0 unspecified atom stereocenters. The van der Waals surface area contributed by atoms with E-state index >= 15 is 0 Å². The van der Waals surface area contributed by atoms with E-state index in [1.165, 1.54) is 15.6 Å². The van der Waals surface area contributed by atoms with Gasteiger partial charge in [0.05, 0.1) is 15.9 Å². The first kappa shape index (κ1) is 30.0. The van der Waals surface area contributed by atoms with Gasteiger partial charge in [-0.3, -0.25) is 0 Å². The molecule has 232 valence electrons. The van der Waals surface area contributed by atoms with Crippen LogP contribution in [0.4, 0.5) is 0 Å². The van der Waals surface area contributed by atoms with Crippen molar-refractivity contribution >= 4 is 31.6 Å². The lowest BCUT2D eigenvalue weighted by atomic mass is 10.0. The topological polar surface area (TPSA) is 64.5 Å². The second-order valence-corrected chi connectivity index (χ2v) is 12.4. The van der Waals surface area contributed by atoms with Gasteiger partial charge in [0, 0.05) is 32.3 Å². The van der Waals surface area contributed by atoms with Crippen molar-refractivity contribution in [3.8, 4) is 56.5 Å². The lowest BCUT2D eigenvalue weighted by molar-refractivity contribution is 1.07. The number of hydrogen-bond donors (Lipinski definition) is 0. The SMILES string of the molecule is c1ccc(-c2cccc(-c3nc(-c4ccccc4)nc(-c4ccccc4)n3)c2)cc1.c1ccc(-c2ncnc3c2sc2ccccc23)cc1. The predicted molar refractivity (Wildman–Crippen MR) is 202 cm³/mol. The molecule has 0 bridgehead atoms. The summed E-state index contributed by atoms with van der Waals surface area (Å²) in [5.74, 6) is 2.01. The molecule has 5 nitrogen and oxygen atoms in total. The van der Waals surface area contributed by atoms with Crippen LogP contribution in [0.15, 0.2) is 176 Å². The summed E-state index contributed by atoms with van der Waals surface area (Å²) in [5, 5.41) is 1.21. The number of rotatable bonds is 5. The van der Waals surface area contributed by atoms with Gasteiger partial charge in [0.1, 0.15) is 6.33 Å². The van der Waals surface area contributed by atoms with Gasteiger partial charge in [-0.25, -0.2) is 24.9 Å². The molecule has 0 radical (unpaired) electrons. The lowest BCUT2D eigenvalue weighted by Gasteiger charge is -2.09. The van der Waals surface area contributed by atoms with Crippen molar-refractivity contribution in [2.75, 3.05) is 0 Å².